The van der Waals surface area contributed by atoms with Gasteiger partial charge in [0.05, 0.1) is 12.6 Å². The zero-order chi connectivity index (χ0) is 13.4. The predicted octanol–water partition coefficient (Wildman–Crippen LogP) is 2.91. The van der Waals surface area contributed by atoms with Gasteiger partial charge in [0, 0.05) is 11.6 Å². The molecular weight excluding hydrogens is 252 g/mol. The maximum Gasteiger partial charge on any atom is 0.215 e. The third-order valence-corrected chi connectivity index (χ3v) is 2.72. The topological polar surface area (TPSA) is 50.8 Å². The number of ether oxygens (including phenoxy) is 1. The van der Waals surface area contributed by atoms with Gasteiger partial charge in [-0.15, -0.1) is 0 Å². The lowest BCUT2D eigenvalue weighted by molar-refractivity contribution is 0.399. The first-order valence-corrected chi connectivity index (χ1v) is 5.53. The number of aromatic amines is 1. The van der Waals surface area contributed by atoms with Crippen LogP contribution in [0.2, 0.25) is 0 Å². The molecule has 4 nitrogen and oxygen atoms in total. The van der Waals surface area contributed by atoms with E-state index in [0.717, 1.165) is 12.1 Å². The number of nitrogens with zero attached hydrogens (tertiary/aromatic N) is 2. The van der Waals surface area contributed by atoms with E-state index in [9.17, 15) is 8.78 Å². The van der Waals surface area contributed by atoms with Crippen molar-refractivity contribution in [2.45, 2.75) is 0 Å². The van der Waals surface area contributed by atoms with Gasteiger partial charge >= 0.3 is 0 Å². The summed E-state index contributed by atoms with van der Waals surface area (Å²) in [5.74, 6) is -0.936. The molecule has 0 saturated heterocycles. The average molecular weight is 261 g/mol. The predicted molar refractivity (Wildman–Crippen MR) is 65.8 cm³/mol. The molecule has 0 atom stereocenters. The first kappa shape index (κ1) is 11.6. The normalized spacial score (nSPS) is 10.9. The molecule has 0 aliphatic heterocycles. The molecule has 6 heteroatoms. The highest BCUT2D eigenvalue weighted by Crippen LogP contribution is 2.22. The van der Waals surface area contributed by atoms with Gasteiger partial charge in [-0.25, -0.2) is 13.8 Å². The molecule has 0 radical (unpaired) electrons. The summed E-state index contributed by atoms with van der Waals surface area (Å²) in [7, 11) is 1.51. The van der Waals surface area contributed by atoms with E-state index in [-0.39, 0.29) is 0 Å². The molecule has 2 heterocycles. The summed E-state index contributed by atoms with van der Waals surface area (Å²) in [5, 5.41) is 0. The van der Waals surface area contributed by atoms with Crippen molar-refractivity contribution >= 4 is 11.2 Å². The maximum atomic E-state index is 13.2. The molecule has 0 spiro atoms. The molecule has 0 saturated carbocycles. The number of nitrogens with one attached hydrogen (secondary N) is 1. The number of hydrogen-bond donors (Lipinski definition) is 1. The Morgan fingerprint density at radius 2 is 1.89 bits per heavy atom. The van der Waals surface area contributed by atoms with Gasteiger partial charge in [-0.3, -0.25) is 0 Å². The number of pyridine rings is 1. The van der Waals surface area contributed by atoms with Gasteiger partial charge in [0.15, 0.2) is 17.3 Å². The van der Waals surface area contributed by atoms with Crippen LogP contribution in [0.15, 0.2) is 30.3 Å². The van der Waals surface area contributed by atoms with E-state index >= 15 is 0 Å². The molecular formula is C13H9F2N3O. The van der Waals surface area contributed by atoms with E-state index in [1.807, 2.05) is 0 Å². The molecule has 0 aliphatic rings. The lowest BCUT2D eigenvalue weighted by atomic mass is 10.2. The Labute approximate surface area is 107 Å². The molecule has 0 bridgehead atoms. The van der Waals surface area contributed by atoms with Crippen LogP contribution in [0.4, 0.5) is 8.78 Å². The first-order valence-electron chi connectivity index (χ1n) is 5.53. The van der Waals surface area contributed by atoms with Gasteiger partial charge in [-0.05, 0) is 24.3 Å². The third-order valence-electron chi connectivity index (χ3n) is 2.72. The van der Waals surface area contributed by atoms with Crippen LogP contribution < -0.4 is 4.74 Å². The summed E-state index contributed by atoms with van der Waals surface area (Å²) < 4.78 is 31.1. The minimum Gasteiger partial charge on any atom is -0.481 e. The molecule has 1 N–H and O–H groups in total. The van der Waals surface area contributed by atoms with Crippen molar-refractivity contribution in [2.24, 2.45) is 0 Å². The average Bonchev–Trinajstić information content (AvgIpc) is 2.84. The van der Waals surface area contributed by atoms with Crippen LogP contribution in [0.5, 0.6) is 5.88 Å². The van der Waals surface area contributed by atoms with E-state index in [1.165, 1.54) is 13.2 Å². The zero-order valence-electron chi connectivity index (χ0n) is 9.95. The second kappa shape index (κ2) is 4.31. The summed E-state index contributed by atoms with van der Waals surface area (Å²) in [5.41, 5.74) is 1.61. The minimum absolute atomic E-state index is 0.426. The number of halogens is 2. The number of imidazole rings is 1. The van der Waals surface area contributed by atoms with Crippen molar-refractivity contribution in [3.8, 4) is 17.3 Å². The van der Waals surface area contributed by atoms with E-state index in [2.05, 4.69) is 15.0 Å². The SMILES string of the molecule is COc1ccc2[nH]c(-c3ccc(F)c(F)c3)nc2n1. The van der Waals surface area contributed by atoms with Crippen LogP contribution >= 0.6 is 0 Å². The molecule has 2 aromatic heterocycles. The zero-order valence-corrected chi connectivity index (χ0v) is 9.95. The number of H-pyrrole nitrogens is 1. The van der Waals surface area contributed by atoms with Gasteiger partial charge in [0.1, 0.15) is 5.82 Å². The van der Waals surface area contributed by atoms with E-state index < -0.39 is 11.6 Å². The fourth-order valence-corrected chi connectivity index (χ4v) is 1.77. The smallest absolute Gasteiger partial charge is 0.215 e. The van der Waals surface area contributed by atoms with Crippen molar-refractivity contribution in [1.29, 1.82) is 0 Å². The quantitative estimate of drug-likeness (QED) is 0.771. The maximum absolute atomic E-state index is 13.2. The lowest BCUT2D eigenvalue weighted by Gasteiger charge is -1.97. The van der Waals surface area contributed by atoms with Crippen molar-refractivity contribution in [3.63, 3.8) is 0 Å². The Bertz CT molecular complexity index is 755. The lowest BCUT2D eigenvalue weighted by Crippen LogP contribution is -1.87. The molecule has 0 unspecified atom stereocenters. The van der Waals surface area contributed by atoms with Crippen LogP contribution in [-0.4, -0.2) is 22.1 Å². The number of fused-ring (bicyclic) bond motifs is 1. The van der Waals surface area contributed by atoms with E-state index in [4.69, 9.17) is 4.74 Å². The summed E-state index contributed by atoms with van der Waals surface area (Å²) in [4.78, 5) is 11.4. The number of methoxy groups -OCH3 is 1. The van der Waals surface area contributed by atoms with Crippen LogP contribution in [0.3, 0.4) is 0 Å². The number of hydrogen-bond acceptors (Lipinski definition) is 3. The van der Waals surface area contributed by atoms with Gasteiger partial charge in [0.2, 0.25) is 5.88 Å². The molecule has 1 aromatic carbocycles. The van der Waals surface area contributed by atoms with Crippen molar-refractivity contribution in [2.75, 3.05) is 7.11 Å². The fraction of sp³-hybridized carbons (Fsp3) is 0.0769. The molecule has 3 aromatic rings. The summed E-state index contributed by atoms with van der Waals surface area (Å²) in [6.45, 7) is 0. The highest BCUT2D eigenvalue weighted by molar-refractivity contribution is 5.76. The highest BCUT2D eigenvalue weighted by atomic mass is 19.2. The van der Waals surface area contributed by atoms with Gasteiger partial charge in [-0.1, -0.05) is 0 Å². The highest BCUT2D eigenvalue weighted by Gasteiger charge is 2.10. The Balaban J connectivity index is 2.11. The minimum atomic E-state index is -0.913. The molecule has 19 heavy (non-hydrogen) atoms. The summed E-state index contributed by atoms with van der Waals surface area (Å²) in [6.07, 6.45) is 0. The molecule has 3 rings (SSSR count). The molecule has 0 amide bonds. The third kappa shape index (κ3) is 2.01. The fourth-order valence-electron chi connectivity index (χ4n) is 1.77. The van der Waals surface area contributed by atoms with Crippen LogP contribution in [-0.2, 0) is 0 Å². The molecule has 96 valence electrons. The first-order chi connectivity index (χ1) is 9.17. The second-order valence-corrected chi connectivity index (χ2v) is 3.94. The standard InChI is InChI=1S/C13H9F2N3O/c1-19-11-5-4-10-13(17-11)18-12(16-10)7-2-3-8(14)9(15)6-7/h2-6H,1H3,(H,16,17,18). The largest absolute Gasteiger partial charge is 0.481 e. The van der Waals surface area contributed by atoms with Crippen LogP contribution in [0, 0.1) is 11.6 Å². The Morgan fingerprint density at radius 3 is 2.63 bits per heavy atom. The molecule has 0 fully saturated rings. The van der Waals surface area contributed by atoms with Gasteiger partial charge in [0.25, 0.3) is 0 Å². The summed E-state index contributed by atoms with van der Waals surface area (Å²) in [6, 6.07) is 7.05. The number of rotatable bonds is 2. The summed E-state index contributed by atoms with van der Waals surface area (Å²) >= 11 is 0. The Hall–Kier alpha value is -2.50. The van der Waals surface area contributed by atoms with Crippen molar-refractivity contribution in [3.05, 3.63) is 42.0 Å². The second-order valence-electron chi connectivity index (χ2n) is 3.94. The van der Waals surface area contributed by atoms with Crippen molar-refractivity contribution in [1.82, 2.24) is 15.0 Å². The molecule has 0 aliphatic carbocycles. The number of aromatic nitrogens is 3. The van der Waals surface area contributed by atoms with Gasteiger partial charge < -0.3 is 9.72 Å². The van der Waals surface area contributed by atoms with E-state index in [0.29, 0.717) is 28.4 Å². The van der Waals surface area contributed by atoms with Crippen LogP contribution in [0.25, 0.3) is 22.6 Å². The Morgan fingerprint density at radius 1 is 1.05 bits per heavy atom. The van der Waals surface area contributed by atoms with E-state index in [1.54, 1.807) is 12.1 Å². The number of benzene rings is 1. The van der Waals surface area contributed by atoms with Crippen molar-refractivity contribution < 1.29 is 13.5 Å². The van der Waals surface area contributed by atoms with Crippen LogP contribution in [0.1, 0.15) is 0 Å². The Kier molecular flexibility index (Phi) is 2.63. The van der Waals surface area contributed by atoms with Gasteiger partial charge in [-0.2, -0.15) is 4.98 Å². The monoisotopic (exact) mass is 261 g/mol.